The standard InChI is InChI=1S/C8H6BrF2I/c1-4-2-3-5(12)6(7(4)9)8(10)11/h2-3,8H,1H3. The molecule has 66 valence electrons. The van der Waals surface area contributed by atoms with Gasteiger partial charge in [0.25, 0.3) is 6.43 Å². The van der Waals surface area contributed by atoms with Crippen molar-refractivity contribution in [2.24, 2.45) is 0 Å². The SMILES string of the molecule is Cc1ccc(I)c(C(F)F)c1Br. The zero-order chi connectivity index (χ0) is 9.30. The molecule has 0 bridgehead atoms. The number of benzene rings is 1. The zero-order valence-electron chi connectivity index (χ0n) is 6.24. The summed E-state index contributed by atoms with van der Waals surface area (Å²) in [7, 11) is 0. The molecule has 0 fully saturated rings. The van der Waals surface area contributed by atoms with Gasteiger partial charge < -0.3 is 0 Å². The van der Waals surface area contributed by atoms with Crippen LogP contribution in [0.2, 0.25) is 0 Å². The molecule has 1 aromatic carbocycles. The Bertz CT molecular complexity index is 299. The lowest BCUT2D eigenvalue weighted by molar-refractivity contribution is 0.149. The Morgan fingerprint density at radius 3 is 2.42 bits per heavy atom. The molecule has 0 aromatic heterocycles. The third-order valence-corrected chi connectivity index (χ3v) is 3.53. The predicted molar refractivity (Wildman–Crippen MR) is 56.6 cm³/mol. The minimum absolute atomic E-state index is 0.0931. The van der Waals surface area contributed by atoms with Crippen molar-refractivity contribution in [3.05, 3.63) is 31.3 Å². The summed E-state index contributed by atoms with van der Waals surface area (Å²) in [6.07, 6.45) is -2.41. The van der Waals surface area contributed by atoms with Crippen LogP contribution in [0, 0.1) is 10.5 Å². The van der Waals surface area contributed by atoms with Gasteiger partial charge in [-0.1, -0.05) is 6.07 Å². The quantitative estimate of drug-likeness (QED) is 0.665. The highest BCUT2D eigenvalue weighted by Crippen LogP contribution is 2.33. The molecular formula is C8H6BrF2I. The number of aryl methyl sites for hydroxylation is 1. The van der Waals surface area contributed by atoms with E-state index in [1.807, 2.05) is 28.7 Å². The highest BCUT2D eigenvalue weighted by Gasteiger charge is 2.16. The topological polar surface area (TPSA) is 0 Å². The Hall–Kier alpha value is 0.290. The maximum atomic E-state index is 12.4. The van der Waals surface area contributed by atoms with E-state index < -0.39 is 6.43 Å². The van der Waals surface area contributed by atoms with Gasteiger partial charge in [-0.15, -0.1) is 0 Å². The molecule has 0 saturated heterocycles. The lowest BCUT2D eigenvalue weighted by Crippen LogP contribution is -1.93. The summed E-state index contributed by atoms with van der Waals surface area (Å²) in [5, 5.41) is 0. The molecule has 0 unspecified atom stereocenters. The van der Waals surface area contributed by atoms with Gasteiger partial charge >= 0.3 is 0 Å². The van der Waals surface area contributed by atoms with Crippen LogP contribution >= 0.6 is 38.5 Å². The molecule has 0 spiro atoms. The van der Waals surface area contributed by atoms with Gasteiger partial charge in [-0.2, -0.15) is 0 Å². The molecule has 0 heterocycles. The van der Waals surface area contributed by atoms with Crippen LogP contribution in [0.4, 0.5) is 8.78 Å². The van der Waals surface area contributed by atoms with Gasteiger partial charge in [0.2, 0.25) is 0 Å². The van der Waals surface area contributed by atoms with Gasteiger partial charge in [0.15, 0.2) is 0 Å². The smallest absolute Gasteiger partial charge is 0.205 e. The lowest BCUT2D eigenvalue weighted by Gasteiger charge is -2.08. The molecule has 1 rings (SSSR count). The van der Waals surface area contributed by atoms with Crippen molar-refractivity contribution >= 4 is 38.5 Å². The van der Waals surface area contributed by atoms with Crippen molar-refractivity contribution in [3.63, 3.8) is 0 Å². The number of hydrogen-bond acceptors (Lipinski definition) is 0. The van der Waals surface area contributed by atoms with E-state index in [9.17, 15) is 8.78 Å². The second kappa shape index (κ2) is 4.00. The van der Waals surface area contributed by atoms with Crippen molar-refractivity contribution in [2.75, 3.05) is 0 Å². The van der Waals surface area contributed by atoms with Gasteiger partial charge in [0.05, 0.1) is 0 Å². The van der Waals surface area contributed by atoms with Crippen molar-refractivity contribution < 1.29 is 8.78 Å². The molecule has 4 heteroatoms. The first kappa shape index (κ1) is 10.4. The number of halogens is 4. The summed E-state index contributed by atoms with van der Waals surface area (Å²) in [4.78, 5) is 0. The second-order valence-electron chi connectivity index (χ2n) is 2.39. The van der Waals surface area contributed by atoms with Crippen LogP contribution in [0.1, 0.15) is 17.6 Å². The molecule has 0 N–H and O–H groups in total. The summed E-state index contributed by atoms with van der Waals surface area (Å²) in [6, 6.07) is 3.51. The summed E-state index contributed by atoms with van der Waals surface area (Å²) in [6.45, 7) is 1.80. The van der Waals surface area contributed by atoms with Crippen LogP contribution < -0.4 is 0 Å². The monoisotopic (exact) mass is 346 g/mol. The molecule has 1 aromatic rings. The first-order valence-corrected chi connectivity index (χ1v) is 5.14. The molecule has 0 amide bonds. The molecule has 0 aliphatic carbocycles. The maximum Gasteiger partial charge on any atom is 0.265 e. The van der Waals surface area contributed by atoms with E-state index >= 15 is 0 Å². The third-order valence-electron chi connectivity index (χ3n) is 1.54. The fourth-order valence-corrected chi connectivity index (χ4v) is 2.45. The van der Waals surface area contributed by atoms with E-state index in [-0.39, 0.29) is 5.56 Å². The Labute approximate surface area is 91.6 Å². The van der Waals surface area contributed by atoms with E-state index in [2.05, 4.69) is 15.9 Å². The van der Waals surface area contributed by atoms with E-state index in [1.54, 1.807) is 13.0 Å². The third kappa shape index (κ3) is 1.96. The van der Waals surface area contributed by atoms with Gasteiger partial charge in [0, 0.05) is 13.6 Å². The van der Waals surface area contributed by atoms with Crippen molar-refractivity contribution in [1.29, 1.82) is 0 Å². The van der Waals surface area contributed by atoms with Crippen molar-refractivity contribution in [3.8, 4) is 0 Å². The van der Waals surface area contributed by atoms with E-state index in [0.717, 1.165) is 5.56 Å². The zero-order valence-corrected chi connectivity index (χ0v) is 9.99. The van der Waals surface area contributed by atoms with Crippen LogP contribution in [0.25, 0.3) is 0 Å². The summed E-state index contributed by atoms with van der Waals surface area (Å²) in [5.41, 5.74) is 0.932. The highest BCUT2D eigenvalue weighted by molar-refractivity contribution is 14.1. The summed E-state index contributed by atoms with van der Waals surface area (Å²) >= 11 is 5.05. The van der Waals surface area contributed by atoms with E-state index in [4.69, 9.17) is 0 Å². The average molecular weight is 347 g/mol. The lowest BCUT2D eigenvalue weighted by atomic mass is 10.1. The summed E-state index contributed by atoms with van der Waals surface area (Å²) in [5.74, 6) is 0. The first-order valence-electron chi connectivity index (χ1n) is 3.26. The molecule has 0 aliphatic heterocycles. The fraction of sp³-hybridized carbons (Fsp3) is 0.250. The van der Waals surface area contributed by atoms with Crippen molar-refractivity contribution in [1.82, 2.24) is 0 Å². The highest BCUT2D eigenvalue weighted by atomic mass is 127. The van der Waals surface area contributed by atoms with Gasteiger partial charge in [-0.3, -0.25) is 0 Å². The number of hydrogen-bond donors (Lipinski definition) is 0. The minimum atomic E-state index is -2.41. The number of alkyl halides is 2. The van der Waals surface area contributed by atoms with Crippen molar-refractivity contribution in [2.45, 2.75) is 13.3 Å². The predicted octanol–water partition coefficient (Wildman–Crippen LogP) is 4.30. The van der Waals surface area contributed by atoms with Crippen LogP contribution in [0.5, 0.6) is 0 Å². The van der Waals surface area contributed by atoms with Crippen LogP contribution in [0.3, 0.4) is 0 Å². The average Bonchev–Trinajstić information content (AvgIpc) is 1.97. The summed E-state index contributed by atoms with van der Waals surface area (Å²) < 4.78 is 26.0. The molecule has 0 aliphatic rings. The van der Waals surface area contributed by atoms with Crippen LogP contribution in [0.15, 0.2) is 16.6 Å². The Kier molecular flexibility index (Phi) is 3.46. The molecule has 0 radical (unpaired) electrons. The Balaban J connectivity index is 3.33. The molecular weight excluding hydrogens is 341 g/mol. The largest absolute Gasteiger partial charge is 0.265 e. The van der Waals surface area contributed by atoms with Crippen LogP contribution in [-0.4, -0.2) is 0 Å². The Morgan fingerprint density at radius 1 is 1.42 bits per heavy atom. The Morgan fingerprint density at radius 2 is 2.00 bits per heavy atom. The number of rotatable bonds is 1. The van der Waals surface area contributed by atoms with Gasteiger partial charge in [-0.25, -0.2) is 8.78 Å². The minimum Gasteiger partial charge on any atom is -0.205 e. The molecule has 0 atom stereocenters. The normalized spacial score (nSPS) is 10.8. The van der Waals surface area contributed by atoms with Gasteiger partial charge in [0.1, 0.15) is 0 Å². The van der Waals surface area contributed by atoms with Crippen LogP contribution in [-0.2, 0) is 0 Å². The van der Waals surface area contributed by atoms with E-state index in [0.29, 0.717) is 8.04 Å². The molecule has 0 saturated carbocycles. The first-order chi connectivity index (χ1) is 5.54. The van der Waals surface area contributed by atoms with E-state index in [1.165, 1.54) is 0 Å². The van der Waals surface area contributed by atoms with Gasteiger partial charge in [-0.05, 0) is 57.1 Å². The fourth-order valence-electron chi connectivity index (χ4n) is 0.878. The molecule has 12 heavy (non-hydrogen) atoms. The molecule has 0 nitrogen and oxygen atoms in total. The second-order valence-corrected chi connectivity index (χ2v) is 4.35. The maximum absolute atomic E-state index is 12.4.